The Labute approximate surface area is 99.6 Å². The van der Waals surface area contributed by atoms with Crippen LogP contribution in [0.2, 0.25) is 0 Å². The molecule has 0 saturated heterocycles. The van der Waals surface area contributed by atoms with Crippen LogP contribution in [-0.2, 0) is 6.54 Å². The zero-order chi connectivity index (χ0) is 12.1. The number of allylic oxidation sites excluding steroid dienone is 1. The van der Waals surface area contributed by atoms with E-state index in [1.165, 1.54) is 0 Å². The minimum Gasteiger partial charge on any atom is -0.362 e. The molecule has 0 saturated carbocycles. The monoisotopic (exact) mass is 228 g/mol. The fourth-order valence-corrected chi connectivity index (χ4v) is 1.47. The van der Waals surface area contributed by atoms with Crippen LogP contribution in [0.5, 0.6) is 0 Å². The minimum absolute atomic E-state index is 0.305. The Hall–Kier alpha value is -2.36. The van der Waals surface area contributed by atoms with Gasteiger partial charge < -0.3 is 5.73 Å². The van der Waals surface area contributed by atoms with Gasteiger partial charge in [-0.2, -0.15) is 0 Å². The summed E-state index contributed by atoms with van der Waals surface area (Å²) in [4.78, 5) is 0. The Balaban J connectivity index is 2.26. The van der Waals surface area contributed by atoms with Crippen molar-refractivity contribution in [1.82, 2.24) is 5.27 Å². The SMILES string of the molecule is C=CC[n+]1noc(N)c1/C=C/c1ccccc1. The van der Waals surface area contributed by atoms with Crippen molar-refractivity contribution in [3.63, 3.8) is 0 Å². The van der Waals surface area contributed by atoms with Crippen molar-refractivity contribution in [3.8, 4) is 0 Å². The van der Waals surface area contributed by atoms with Crippen LogP contribution in [0.3, 0.4) is 0 Å². The lowest BCUT2D eigenvalue weighted by Crippen LogP contribution is -2.37. The molecule has 2 rings (SSSR count). The molecular weight excluding hydrogens is 214 g/mol. The maximum Gasteiger partial charge on any atom is 0.301 e. The van der Waals surface area contributed by atoms with Gasteiger partial charge in [0.15, 0.2) is 6.54 Å². The van der Waals surface area contributed by atoms with E-state index in [0.717, 1.165) is 11.3 Å². The highest BCUT2D eigenvalue weighted by atomic mass is 16.5. The molecular formula is C13H14N3O+. The van der Waals surface area contributed by atoms with Gasteiger partial charge in [0.05, 0.1) is 0 Å². The quantitative estimate of drug-likeness (QED) is 0.642. The Morgan fingerprint density at radius 2 is 2.06 bits per heavy atom. The topological polar surface area (TPSA) is 55.9 Å². The molecule has 2 aromatic rings. The van der Waals surface area contributed by atoms with Crippen molar-refractivity contribution in [1.29, 1.82) is 0 Å². The normalized spacial score (nSPS) is 10.8. The lowest BCUT2D eigenvalue weighted by Gasteiger charge is -1.89. The first-order valence-electron chi connectivity index (χ1n) is 5.30. The molecule has 0 aliphatic carbocycles. The summed E-state index contributed by atoms with van der Waals surface area (Å²) in [5, 5.41) is 3.81. The number of hydrogen-bond acceptors (Lipinski definition) is 3. The predicted molar refractivity (Wildman–Crippen MR) is 66.7 cm³/mol. The maximum atomic E-state index is 5.70. The first-order chi connectivity index (χ1) is 8.31. The van der Waals surface area contributed by atoms with E-state index in [2.05, 4.69) is 11.9 Å². The standard InChI is InChI=1S/C13H14N3O/c1-2-10-16-12(13(14)17-15-16)9-8-11-6-4-3-5-7-11/h2-9H,1,10,14H2/q+1/b9-8+. The van der Waals surface area contributed by atoms with Gasteiger partial charge in [0, 0.05) is 6.08 Å². The maximum absolute atomic E-state index is 5.70. The first kappa shape index (κ1) is 11.1. The van der Waals surface area contributed by atoms with Crippen LogP contribution in [0, 0.1) is 0 Å². The van der Waals surface area contributed by atoms with Crippen molar-refractivity contribution >= 4 is 18.0 Å². The molecule has 1 aromatic heterocycles. The van der Waals surface area contributed by atoms with Gasteiger partial charge in [-0.25, -0.2) is 0 Å². The third kappa shape index (κ3) is 2.60. The zero-order valence-corrected chi connectivity index (χ0v) is 9.41. The van der Waals surface area contributed by atoms with E-state index in [9.17, 15) is 0 Å². The molecule has 0 aliphatic rings. The lowest BCUT2D eigenvalue weighted by molar-refractivity contribution is -0.754. The fraction of sp³-hybridized carbons (Fsp3) is 0.0769. The number of rotatable bonds is 4. The number of benzene rings is 1. The number of nitrogen functional groups attached to an aromatic ring is 1. The van der Waals surface area contributed by atoms with Crippen molar-refractivity contribution in [2.24, 2.45) is 0 Å². The molecule has 4 heteroatoms. The molecule has 0 fully saturated rings. The molecule has 0 atom stereocenters. The second-order valence-corrected chi connectivity index (χ2v) is 3.54. The molecule has 2 N–H and O–H groups in total. The third-order valence-corrected chi connectivity index (χ3v) is 2.30. The van der Waals surface area contributed by atoms with E-state index in [0.29, 0.717) is 12.4 Å². The summed E-state index contributed by atoms with van der Waals surface area (Å²) in [7, 11) is 0. The van der Waals surface area contributed by atoms with Crippen LogP contribution < -0.4 is 10.4 Å². The highest BCUT2D eigenvalue weighted by Gasteiger charge is 2.17. The Kier molecular flexibility index (Phi) is 3.35. The molecule has 4 nitrogen and oxygen atoms in total. The van der Waals surface area contributed by atoms with Gasteiger partial charge in [0.2, 0.25) is 5.27 Å². The molecule has 0 amide bonds. The van der Waals surface area contributed by atoms with Gasteiger partial charge >= 0.3 is 5.88 Å². The summed E-state index contributed by atoms with van der Waals surface area (Å²) in [5.74, 6) is 0.305. The molecule has 0 aliphatic heterocycles. The van der Waals surface area contributed by atoms with Gasteiger partial charge in [-0.05, 0) is 22.4 Å². The predicted octanol–water partition coefficient (Wildman–Crippen LogP) is 1.90. The summed E-state index contributed by atoms with van der Waals surface area (Å²) >= 11 is 0. The van der Waals surface area contributed by atoms with E-state index in [1.807, 2.05) is 42.5 Å². The number of aromatic nitrogens is 2. The highest BCUT2D eigenvalue weighted by molar-refractivity contribution is 5.70. The van der Waals surface area contributed by atoms with Crippen molar-refractivity contribution < 1.29 is 9.20 Å². The molecule has 86 valence electrons. The molecule has 0 unspecified atom stereocenters. The van der Waals surface area contributed by atoms with Crippen LogP contribution >= 0.6 is 0 Å². The Morgan fingerprint density at radius 3 is 2.76 bits per heavy atom. The summed E-state index contributed by atoms with van der Waals surface area (Å²) in [5.41, 5.74) is 7.54. The summed E-state index contributed by atoms with van der Waals surface area (Å²) in [6, 6.07) is 9.96. The Bertz CT molecular complexity index is 529. The summed E-state index contributed by atoms with van der Waals surface area (Å²) in [6.45, 7) is 4.22. The van der Waals surface area contributed by atoms with E-state index in [1.54, 1.807) is 10.8 Å². The third-order valence-electron chi connectivity index (χ3n) is 2.30. The van der Waals surface area contributed by atoms with Gasteiger partial charge in [0.25, 0.3) is 5.69 Å². The largest absolute Gasteiger partial charge is 0.362 e. The van der Waals surface area contributed by atoms with Crippen LogP contribution in [0.25, 0.3) is 12.2 Å². The molecule has 0 radical (unpaired) electrons. The molecule has 0 bridgehead atoms. The summed E-state index contributed by atoms with van der Waals surface area (Å²) in [6.07, 6.45) is 5.58. The van der Waals surface area contributed by atoms with E-state index in [4.69, 9.17) is 10.3 Å². The number of anilines is 1. The smallest absolute Gasteiger partial charge is 0.301 e. The molecule has 17 heavy (non-hydrogen) atoms. The number of hydrogen-bond donors (Lipinski definition) is 1. The molecule has 1 aromatic carbocycles. The number of nitrogens with two attached hydrogens (primary N) is 1. The second kappa shape index (κ2) is 5.12. The van der Waals surface area contributed by atoms with E-state index < -0.39 is 0 Å². The van der Waals surface area contributed by atoms with E-state index >= 15 is 0 Å². The van der Waals surface area contributed by atoms with E-state index in [-0.39, 0.29) is 0 Å². The van der Waals surface area contributed by atoms with Crippen molar-refractivity contribution in [2.75, 3.05) is 5.73 Å². The van der Waals surface area contributed by atoms with Crippen LogP contribution in [0.4, 0.5) is 5.88 Å². The fourth-order valence-electron chi connectivity index (χ4n) is 1.47. The van der Waals surface area contributed by atoms with Gasteiger partial charge in [0.1, 0.15) is 0 Å². The van der Waals surface area contributed by atoms with Crippen molar-refractivity contribution in [2.45, 2.75) is 6.54 Å². The first-order valence-corrected chi connectivity index (χ1v) is 5.30. The molecule has 0 spiro atoms. The second-order valence-electron chi connectivity index (χ2n) is 3.54. The van der Waals surface area contributed by atoms with Crippen LogP contribution in [0.1, 0.15) is 11.3 Å². The Morgan fingerprint density at radius 1 is 1.29 bits per heavy atom. The van der Waals surface area contributed by atoms with Crippen molar-refractivity contribution in [3.05, 3.63) is 54.2 Å². The van der Waals surface area contributed by atoms with Crippen LogP contribution in [-0.4, -0.2) is 5.27 Å². The van der Waals surface area contributed by atoms with Gasteiger partial charge in [-0.1, -0.05) is 36.9 Å². The average molecular weight is 228 g/mol. The minimum atomic E-state index is 0.305. The lowest BCUT2D eigenvalue weighted by atomic mass is 10.2. The zero-order valence-electron chi connectivity index (χ0n) is 9.41. The molecule has 1 heterocycles. The number of nitrogens with zero attached hydrogens (tertiary/aromatic N) is 2. The van der Waals surface area contributed by atoms with Gasteiger partial charge in [-0.3, -0.25) is 4.52 Å². The average Bonchev–Trinajstić information content (AvgIpc) is 2.70. The van der Waals surface area contributed by atoms with Gasteiger partial charge in [-0.15, -0.1) is 0 Å². The highest BCUT2D eigenvalue weighted by Crippen LogP contribution is 2.10. The summed E-state index contributed by atoms with van der Waals surface area (Å²) < 4.78 is 6.58. The van der Waals surface area contributed by atoms with Crippen LogP contribution in [0.15, 0.2) is 47.5 Å².